The second-order valence-electron chi connectivity index (χ2n) is 2.16. The van der Waals surface area contributed by atoms with Crippen molar-refractivity contribution in [3.05, 3.63) is 29.6 Å². The molecule has 0 N–H and O–H groups in total. The van der Waals surface area contributed by atoms with E-state index in [1.165, 1.54) is 49.2 Å². The van der Waals surface area contributed by atoms with Crippen LogP contribution in [0.1, 0.15) is 18.2 Å². The molecule has 50 valence electrons. The quantitative estimate of drug-likeness (QED) is 0.572. The fourth-order valence-electron chi connectivity index (χ4n) is 0.824. The molecular weight excluding hydrogens is 156 g/mol. The summed E-state index contributed by atoms with van der Waals surface area (Å²) >= 11 is 2.89. The van der Waals surface area contributed by atoms with Crippen LogP contribution in [0.4, 0.5) is 0 Å². The molecule has 0 bridgehead atoms. The normalized spacial score (nSPS) is 8.55. The average Bonchev–Trinajstić information content (AvgIpc) is 2.08. The van der Waals surface area contributed by atoms with Crippen LogP contribution >= 0.6 is 0 Å². The predicted molar refractivity (Wildman–Crippen MR) is 49.9 cm³/mol. The van der Waals surface area contributed by atoms with Crippen molar-refractivity contribution in [2.24, 2.45) is 0 Å². The van der Waals surface area contributed by atoms with Gasteiger partial charge in [0.2, 0.25) is 0 Å². The fraction of sp³-hybridized carbons (Fsp3) is 0.375. The first-order valence-electron chi connectivity index (χ1n) is 4.24. The summed E-state index contributed by atoms with van der Waals surface area (Å²) in [5, 5.41) is 0. The van der Waals surface area contributed by atoms with Gasteiger partial charge in [0.05, 0.1) is 0 Å². The van der Waals surface area contributed by atoms with Crippen LogP contribution in [-0.2, 0) is 6.42 Å². The summed E-state index contributed by atoms with van der Waals surface area (Å²) in [6.07, 6.45) is 2.96. The Kier molecular flexibility index (Phi) is 8.59. The summed E-state index contributed by atoms with van der Waals surface area (Å²) in [6.45, 7) is 4.16. The Morgan fingerprint density at radius 3 is 2.45 bits per heavy atom. The number of nitrogens with zero attached hydrogens (tertiary/aromatic N) is 1. The molecule has 0 fully saturated rings. The Morgan fingerprint density at radius 1 is 1.45 bits per heavy atom. The van der Waals surface area contributed by atoms with E-state index in [1.807, 2.05) is 19.2 Å². The summed E-state index contributed by atoms with van der Waals surface area (Å²) in [4.78, 5) is 4.09. The molecule has 0 radical (unpaired) electrons. The van der Waals surface area contributed by atoms with Gasteiger partial charge in [0.15, 0.2) is 0 Å². The van der Waals surface area contributed by atoms with Gasteiger partial charge in [-0.1, -0.05) is 6.92 Å². The number of hydrogen-bond acceptors (Lipinski definition) is 1. The van der Waals surface area contributed by atoms with Crippen molar-refractivity contribution < 1.29 is 0 Å². The Hall–Kier alpha value is 1.15. The zero-order chi connectivity index (χ0) is 8.69. The van der Waals surface area contributed by atoms with E-state index in [-0.39, 0.29) is 0 Å². The number of pyridine rings is 1. The van der Waals surface area contributed by atoms with Gasteiger partial charge >= 0.3 is 43.6 Å². The monoisotopic (exact) mass is 167 g/mol. The van der Waals surface area contributed by atoms with Gasteiger partial charge in [0.1, 0.15) is 0 Å². The van der Waals surface area contributed by atoms with E-state index in [1.54, 1.807) is 0 Å². The molecular formula is C8H11NNa2. The molecule has 1 aromatic heterocycles. The summed E-state index contributed by atoms with van der Waals surface area (Å²) in [5.41, 5.74) is 2.47. The van der Waals surface area contributed by atoms with Crippen molar-refractivity contribution in [1.82, 2.24) is 4.98 Å². The zero-order valence-corrected chi connectivity index (χ0v) is 11.9. The molecule has 0 aliphatic carbocycles. The molecule has 0 unspecified atom stereocenters. The van der Waals surface area contributed by atoms with Gasteiger partial charge in [-0.2, -0.15) is 0 Å². The van der Waals surface area contributed by atoms with Gasteiger partial charge < -0.3 is 0 Å². The molecule has 0 saturated carbocycles. The molecule has 3 heteroatoms. The van der Waals surface area contributed by atoms with Crippen molar-refractivity contribution in [2.45, 2.75) is 20.3 Å². The topological polar surface area (TPSA) is 12.9 Å². The van der Waals surface area contributed by atoms with E-state index in [4.69, 9.17) is 0 Å². The van der Waals surface area contributed by atoms with Crippen LogP contribution in [-0.4, -0.2) is 48.6 Å². The molecule has 0 atom stereocenters. The summed E-state index contributed by atoms with van der Waals surface area (Å²) in [6, 6.07) is 4.16. The van der Waals surface area contributed by atoms with Crippen LogP contribution in [0.5, 0.6) is 0 Å². The SMILES string of the molecule is CCc1ccnc(C)c1.[Na][Na]. The standard InChI is InChI=1S/C8H11N.2Na/c1-3-8-4-5-9-7(2)6-8;;/h4-6H,3H2,1-2H3;;. The minimum atomic E-state index is 1.10. The first-order valence-corrected chi connectivity index (χ1v) is 12.2. The first kappa shape index (κ1) is 12.2. The van der Waals surface area contributed by atoms with E-state index in [0.717, 1.165) is 12.1 Å². The first-order chi connectivity index (χ1) is 5.33. The molecule has 1 rings (SSSR count). The number of aromatic nitrogens is 1. The summed E-state index contributed by atoms with van der Waals surface area (Å²) in [7, 11) is 0. The Balaban J connectivity index is 0.000000461. The van der Waals surface area contributed by atoms with Crippen molar-refractivity contribution in [1.29, 1.82) is 0 Å². The molecule has 0 aliphatic rings. The molecule has 0 aromatic carbocycles. The van der Waals surface area contributed by atoms with Crippen LogP contribution < -0.4 is 0 Å². The van der Waals surface area contributed by atoms with Crippen LogP contribution in [0, 0.1) is 6.92 Å². The van der Waals surface area contributed by atoms with E-state index >= 15 is 0 Å². The predicted octanol–water partition coefficient (Wildman–Crippen LogP) is 1.19. The Bertz CT molecular complexity index is 201. The molecule has 11 heavy (non-hydrogen) atoms. The van der Waals surface area contributed by atoms with Gasteiger partial charge in [-0.15, -0.1) is 0 Å². The summed E-state index contributed by atoms with van der Waals surface area (Å²) < 4.78 is 0. The number of rotatable bonds is 1. The van der Waals surface area contributed by atoms with E-state index in [9.17, 15) is 0 Å². The van der Waals surface area contributed by atoms with Crippen molar-refractivity contribution in [3.8, 4) is 0 Å². The average molecular weight is 167 g/mol. The second-order valence-corrected chi connectivity index (χ2v) is 2.16. The van der Waals surface area contributed by atoms with Crippen molar-refractivity contribution in [3.63, 3.8) is 0 Å². The van der Waals surface area contributed by atoms with Crippen LogP contribution in [0.2, 0.25) is 0 Å². The Morgan fingerprint density at radius 2 is 2.09 bits per heavy atom. The molecule has 0 amide bonds. The third-order valence-corrected chi connectivity index (χ3v) is 1.37. The van der Waals surface area contributed by atoms with Crippen LogP contribution in [0.15, 0.2) is 18.3 Å². The van der Waals surface area contributed by atoms with Gasteiger partial charge in [0, 0.05) is 11.9 Å². The molecule has 0 spiro atoms. The third kappa shape index (κ3) is 5.40. The molecule has 0 saturated heterocycles. The van der Waals surface area contributed by atoms with E-state index in [2.05, 4.69) is 18.0 Å². The second kappa shape index (κ2) is 7.78. The molecule has 1 heterocycles. The maximum atomic E-state index is 4.09. The fourth-order valence-corrected chi connectivity index (χ4v) is 0.824. The maximum absolute atomic E-state index is 4.09. The minimum absolute atomic E-state index is 1.10. The van der Waals surface area contributed by atoms with Crippen LogP contribution in [0.25, 0.3) is 0 Å². The van der Waals surface area contributed by atoms with Gasteiger partial charge in [-0.05, 0) is 31.0 Å². The van der Waals surface area contributed by atoms with Gasteiger partial charge in [-0.3, -0.25) is 4.98 Å². The summed E-state index contributed by atoms with van der Waals surface area (Å²) in [5.74, 6) is 0. The zero-order valence-electron chi connectivity index (χ0n) is 7.89. The third-order valence-electron chi connectivity index (χ3n) is 1.37. The van der Waals surface area contributed by atoms with Crippen LogP contribution in [0.3, 0.4) is 0 Å². The van der Waals surface area contributed by atoms with Gasteiger partial charge in [-0.25, -0.2) is 0 Å². The van der Waals surface area contributed by atoms with Crippen molar-refractivity contribution in [2.75, 3.05) is 0 Å². The molecule has 1 nitrogen and oxygen atoms in total. The van der Waals surface area contributed by atoms with Crippen molar-refractivity contribution >= 4 is 43.6 Å². The molecule has 0 aliphatic heterocycles. The number of aryl methyl sites for hydroxylation is 2. The van der Waals surface area contributed by atoms with Gasteiger partial charge in [0.25, 0.3) is 0 Å². The van der Waals surface area contributed by atoms with E-state index < -0.39 is 0 Å². The Labute approximate surface area is 97.1 Å². The molecule has 1 aromatic rings. The van der Waals surface area contributed by atoms with E-state index in [0.29, 0.717) is 0 Å². The number of hydrogen-bond donors (Lipinski definition) is 0.